The van der Waals surface area contributed by atoms with Crippen molar-refractivity contribution in [1.29, 1.82) is 0 Å². The van der Waals surface area contributed by atoms with E-state index in [4.69, 9.17) is 20.1 Å². The molecule has 0 heterocycles. The predicted molar refractivity (Wildman–Crippen MR) is 131 cm³/mol. The zero-order valence-corrected chi connectivity index (χ0v) is 21.3. The van der Waals surface area contributed by atoms with Crippen LogP contribution in [-0.4, -0.2) is 57.3 Å². The summed E-state index contributed by atoms with van der Waals surface area (Å²) in [5, 5.41) is 27.1. The number of rotatable bonds is 21. The van der Waals surface area contributed by atoms with Crippen molar-refractivity contribution in [2.24, 2.45) is 5.92 Å². The SMILES string of the molecule is COC(=O)[O-].C[NH+](C)CCCCCCCC/C=C\CCCCCCCC(CCO)CCO. The standard InChI is InChI=1S/C24H49NO2.C2H4O3/c1-25(2)21-17-15-13-11-9-7-5-3-4-6-8-10-12-14-16-18-24(19-22-26)20-23-27;1-5-2(3)4/h3-4,24,26-27H,5-23H2,1-2H3;1H3,(H,3,4)/b4-3-;. The largest absolute Gasteiger partial charge is 0.553 e. The summed E-state index contributed by atoms with van der Waals surface area (Å²) < 4.78 is 3.56. The molecule has 0 aromatic rings. The fraction of sp³-hybridized carbons (Fsp3) is 0.885. The van der Waals surface area contributed by atoms with Crippen molar-refractivity contribution in [1.82, 2.24) is 0 Å². The molecule has 6 heteroatoms. The summed E-state index contributed by atoms with van der Waals surface area (Å²) in [6.45, 7) is 1.83. The van der Waals surface area contributed by atoms with E-state index in [1.165, 1.54) is 90.0 Å². The molecule has 0 atom stereocenters. The first-order chi connectivity index (χ1) is 15.5. The quantitative estimate of drug-likeness (QED) is 0.139. The molecule has 0 radical (unpaired) electrons. The highest BCUT2D eigenvalue weighted by Gasteiger charge is 2.06. The lowest BCUT2D eigenvalue weighted by Gasteiger charge is -2.13. The van der Waals surface area contributed by atoms with Crippen molar-refractivity contribution in [3.63, 3.8) is 0 Å². The molecule has 0 bridgehead atoms. The van der Waals surface area contributed by atoms with Crippen molar-refractivity contribution >= 4 is 6.16 Å². The Labute approximate surface area is 198 Å². The highest BCUT2D eigenvalue weighted by atomic mass is 16.6. The molecule has 0 aromatic heterocycles. The second kappa shape index (κ2) is 27.9. The number of methoxy groups -OCH3 is 1. The van der Waals surface area contributed by atoms with Gasteiger partial charge in [0.15, 0.2) is 0 Å². The molecule has 0 aliphatic rings. The average molecular weight is 460 g/mol. The van der Waals surface area contributed by atoms with Crippen LogP contribution in [0, 0.1) is 5.92 Å². The Bertz CT molecular complexity index is 396. The molecule has 0 amide bonds. The van der Waals surface area contributed by atoms with Gasteiger partial charge in [-0.15, -0.1) is 0 Å². The van der Waals surface area contributed by atoms with Crippen LogP contribution in [0.2, 0.25) is 0 Å². The Morgan fingerprint density at radius 2 is 1.19 bits per heavy atom. The van der Waals surface area contributed by atoms with E-state index in [-0.39, 0.29) is 13.2 Å². The fourth-order valence-corrected chi connectivity index (χ4v) is 3.71. The van der Waals surface area contributed by atoms with Crippen molar-refractivity contribution in [3.8, 4) is 0 Å². The molecule has 6 nitrogen and oxygen atoms in total. The zero-order valence-electron chi connectivity index (χ0n) is 21.3. The lowest BCUT2D eigenvalue weighted by molar-refractivity contribution is -0.858. The normalized spacial score (nSPS) is 11.2. The Morgan fingerprint density at radius 3 is 1.59 bits per heavy atom. The number of ether oxygens (including phenoxy) is 1. The number of carboxylic acid groups (broad SMARTS) is 1. The van der Waals surface area contributed by atoms with E-state index in [2.05, 4.69) is 31.0 Å². The zero-order chi connectivity index (χ0) is 24.3. The van der Waals surface area contributed by atoms with Gasteiger partial charge in [0.2, 0.25) is 0 Å². The first-order valence-corrected chi connectivity index (χ1v) is 12.9. The van der Waals surface area contributed by atoms with Crippen LogP contribution in [0.4, 0.5) is 4.79 Å². The fourth-order valence-electron chi connectivity index (χ4n) is 3.71. The second-order valence-electron chi connectivity index (χ2n) is 9.03. The van der Waals surface area contributed by atoms with Crippen LogP contribution in [0.15, 0.2) is 12.2 Å². The van der Waals surface area contributed by atoms with Gasteiger partial charge in [-0.25, -0.2) is 0 Å². The molecular formula is C26H53NO5. The molecule has 192 valence electrons. The van der Waals surface area contributed by atoms with Gasteiger partial charge in [-0.2, -0.15) is 0 Å². The van der Waals surface area contributed by atoms with Crippen LogP contribution in [-0.2, 0) is 4.74 Å². The summed E-state index contributed by atoms with van der Waals surface area (Å²) in [7, 11) is 5.51. The molecule has 3 N–H and O–H groups in total. The van der Waals surface area contributed by atoms with Crippen molar-refractivity contribution in [3.05, 3.63) is 12.2 Å². The Kier molecular flexibility index (Phi) is 28.9. The molecule has 0 saturated heterocycles. The number of hydrogen-bond acceptors (Lipinski definition) is 5. The third-order valence-electron chi connectivity index (χ3n) is 5.69. The van der Waals surface area contributed by atoms with Gasteiger partial charge in [-0.05, 0) is 57.3 Å². The second-order valence-corrected chi connectivity index (χ2v) is 9.03. The summed E-state index contributed by atoms with van der Waals surface area (Å²) in [5.41, 5.74) is 0. The first-order valence-electron chi connectivity index (χ1n) is 12.9. The Morgan fingerprint density at radius 1 is 0.781 bits per heavy atom. The molecule has 0 unspecified atom stereocenters. The smallest absolute Gasteiger partial charge is 0.251 e. The number of nitrogens with one attached hydrogen (secondary N) is 1. The molecule has 0 rings (SSSR count). The molecular weight excluding hydrogens is 406 g/mol. The minimum Gasteiger partial charge on any atom is -0.553 e. The number of allylic oxidation sites excluding steroid dienone is 2. The van der Waals surface area contributed by atoms with Crippen LogP contribution in [0.5, 0.6) is 0 Å². The monoisotopic (exact) mass is 459 g/mol. The number of carbonyl (C=O) groups is 1. The van der Waals surface area contributed by atoms with E-state index in [9.17, 15) is 0 Å². The summed E-state index contributed by atoms with van der Waals surface area (Å²) in [6.07, 6.45) is 23.6. The van der Waals surface area contributed by atoms with Crippen LogP contribution in [0.25, 0.3) is 0 Å². The molecule has 0 fully saturated rings. The Balaban J connectivity index is 0. The molecule has 0 aromatic carbocycles. The van der Waals surface area contributed by atoms with Gasteiger partial charge in [0.05, 0.1) is 20.6 Å². The van der Waals surface area contributed by atoms with Crippen molar-refractivity contribution < 1.29 is 29.8 Å². The number of carbonyl (C=O) groups excluding carboxylic acids is 1. The number of aliphatic hydroxyl groups excluding tert-OH is 2. The topological polar surface area (TPSA) is 94.3 Å². The highest BCUT2D eigenvalue weighted by Crippen LogP contribution is 2.18. The third-order valence-corrected chi connectivity index (χ3v) is 5.69. The van der Waals surface area contributed by atoms with Crippen molar-refractivity contribution in [2.45, 2.75) is 103 Å². The Hall–Kier alpha value is -1.11. The third kappa shape index (κ3) is 31.1. The minimum atomic E-state index is -1.50. The lowest BCUT2D eigenvalue weighted by Crippen LogP contribution is -3.05. The van der Waals surface area contributed by atoms with Gasteiger partial charge in [0.25, 0.3) is 6.16 Å². The summed E-state index contributed by atoms with van der Waals surface area (Å²) >= 11 is 0. The van der Waals surface area contributed by atoms with Crippen LogP contribution in [0.3, 0.4) is 0 Å². The van der Waals surface area contributed by atoms with Gasteiger partial charge < -0.3 is 29.8 Å². The molecule has 0 spiro atoms. The van der Waals surface area contributed by atoms with Crippen LogP contribution >= 0.6 is 0 Å². The number of hydrogen-bond donors (Lipinski definition) is 3. The number of aliphatic hydroxyl groups is 2. The first kappa shape index (κ1) is 33.1. The maximum Gasteiger partial charge on any atom is 0.251 e. The van der Waals surface area contributed by atoms with Crippen LogP contribution < -0.4 is 10.0 Å². The predicted octanol–water partition coefficient (Wildman–Crippen LogP) is 3.51. The van der Waals surface area contributed by atoms with E-state index in [0.29, 0.717) is 5.92 Å². The summed E-state index contributed by atoms with van der Waals surface area (Å²) in [6, 6.07) is 0. The lowest BCUT2D eigenvalue weighted by atomic mass is 9.95. The van der Waals surface area contributed by atoms with E-state index in [0.717, 1.165) is 26.4 Å². The molecule has 0 aliphatic heterocycles. The molecule has 32 heavy (non-hydrogen) atoms. The van der Waals surface area contributed by atoms with Gasteiger partial charge in [-0.3, -0.25) is 0 Å². The van der Waals surface area contributed by atoms with Crippen molar-refractivity contribution in [2.75, 3.05) is 41.0 Å². The number of unbranched alkanes of at least 4 members (excludes halogenated alkanes) is 11. The van der Waals surface area contributed by atoms with E-state index < -0.39 is 6.16 Å². The molecule has 0 aliphatic carbocycles. The minimum absolute atomic E-state index is 0.258. The maximum absolute atomic E-state index is 9.03. The van der Waals surface area contributed by atoms with E-state index >= 15 is 0 Å². The molecule has 0 saturated carbocycles. The van der Waals surface area contributed by atoms with E-state index in [1.54, 1.807) is 4.90 Å². The van der Waals surface area contributed by atoms with Gasteiger partial charge in [-0.1, -0.05) is 63.5 Å². The average Bonchev–Trinajstić information content (AvgIpc) is 2.76. The van der Waals surface area contributed by atoms with E-state index in [1.807, 2.05) is 0 Å². The highest BCUT2D eigenvalue weighted by molar-refractivity contribution is 5.53. The summed E-state index contributed by atoms with van der Waals surface area (Å²) in [5.74, 6) is 0.516. The van der Waals surface area contributed by atoms with Gasteiger partial charge >= 0.3 is 0 Å². The van der Waals surface area contributed by atoms with Gasteiger partial charge in [0, 0.05) is 20.3 Å². The number of quaternary nitrogens is 1. The van der Waals surface area contributed by atoms with Crippen LogP contribution in [0.1, 0.15) is 103 Å². The summed E-state index contributed by atoms with van der Waals surface area (Å²) in [4.78, 5) is 10.6. The maximum atomic E-state index is 9.03. The van der Waals surface area contributed by atoms with Gasteiger partial charge in [0.1, 0.15) is 0 Å².